The minimum absolute atomic E-state index is 0.0447. The van der Waals surface area contributed by atoms with Crippen molar-refractivity contribution in [1.29, 1.82) is 0 Å². The van der Waals surface area contributed by atoms with Crippen LogP contribution in [0.4, 0.5) is 5.69 Å². The molecule has 25 heavy (non-hydrogen) atoms. The van der Waals surface area contributed by atoms with Gasteiger partial charge in [0.1, 0.15) is 6.61 Å². The maximum atomic E-state index is 12.0. The summed E-state index contributed by atoms with van der Waals surface area (Å²) in [6.07, 6.45) is 0.364. The number of hydrogen-bond donors (Lipinski definition) is 2. The number of carbonyl (C=O) groups is 1. The zero-order chi connectivity index (χ0) is 17.8. The monoisotopic (exact) mass is 343 g/mol. The zero-order valence-corrected chi connectivity index (χ0v) is 12.8. The van der Waals surface area contributed by atoms with Crippen LogP contribution in [0.15, 0.2) is 47.6 Å². The molecular weight excluding hydrogens is 330 g/mol. The highest BCUT2D eigenvalue weighted by molar-refractivity contribution is 5.85. The third-order valence-electron chi connectivity index (χ3n) is 3.39. The number of hydrazone groups is 1. The number of nitrogens with zero attached hydrogens (tertiary/aromatic N) is 2. The van der Waals surface area contributed by atoms with E-state index in [1.165, 1.54) is 18.3 Å². The molecule has 0 radical (unpaired) electrons. The fourth-order valence-corrected chi connectivity index (χ4v) is 2.16. The average molecular weight is 343 g/mol. The van der Waals surface area contributed by atoms with Crippen molar-refractivity contribution in [3.63, 3.8) is 0 Å². The van der Waals surface area contributed by atoms with Crippen LogP contribution in [0.2, 0.25) is 0 Å². The topological polar surface area (TPSA) is 123 Å². The molecule has 0 unspecified atom stereocenters. The Morgan fingerprint density at radius 3 is 2.84 bits per heavy atom. The maximum absolute atomic E-state index is 12.0. The van der Waals surface area contributed by atoms with Gasteiger partial charge in [0.15, 0.2) is 17.2 Å². The average Bonchev–Trinajstić information content (AvgIpc) is 2.62. The molecule has 1 heterocycles. The fraction of sp³-hybridized carbons (Fsp3) is 0.125. The Balaban J connectivity index is 1.62. The molecule has 1 amide bonds. The summed E-state index contributed by atoms with van der Waals surface area (Å²) in [6, 6.07) is 10.7. The van der Waals surface area contributed by atoms with Crippen molar-refractivity contribution >= 4 is 17.8 Å². The number of amides is 1. The molecule has 0 aliphatic carbocycles. The van der Waals surface area contributed by atoms with Crippen molar-refractivity contribution in [1.82, 2.24) is 5.43 Å². The van der Waals surface area contributed by atoms with Crippen molar-refractivity contribution in [2.24, 2.45) is 5.10 Å². The van der Waals surface area contributed by atoms with Crippen LogP contribution in [-0.2, 0) is 4.79 Å². The lowest BCUT2D eigenvalue weighted by molar-refractivity contribution is -0.385. The second kappa shape index (κ2) is 6.87. The molecule has 1 aliphatic rings. The van der Waals surface area contributed by atoms with E-state index >= 15 is 0 Å². The summed E-state index contributed by atoms with van der Waals surface area (Å²) < 4.78 is 11.0. The lowest BCUT2D eigenvalue weighted by Crippen LogP contribution is -2.42. The van der Waals surface area contributed by atoms with Crippen molar-refractivity contribution in [2.45, 2.75) is 6.10 Å². The van der Waals surface area contributed by atoms with E-state index in [-0.39, 0.29) is 6.61 Å². The van der Waals surface area contributed by atoms with Crippen molar-refractivity contribution in [2.75, 3.05) is 6.61 Å². The SMILES string of the molecule is O=C(NN=Cc1ccc(O)c([N+](=O)[O-])c1)[C@@H]1COc2ccccc2O1. The van der Waals surface area contributed by atoms with Gasteiger partial charge in [-0.2, -0.15) is 5.10 Å². The summed E-state index contributed by atoms with van der Waals surface area (Å²) in [6.45, 7) is 0.0447. The van der Waals surface area contributed by atoms with Crippen molar-refractivity contribution in [3.05, 3.63) is 58.1 Å². The highest BCUT2D eigenvalue weighted by Gasteiger charge is 2.27. The number of para-hydroxylation sites is 2. The number of phenolic OH excluding ortho intramolecular Hbond substituents is 1. The van der Waals surface area contributed by atoms with Crippen LogP contribution in [-0.4, -0.2) is 34.9 Å². The number of nitrogens with one attached hydrogen (secondary N) is 1. The van der Waals surface area contributed by atoms with E-state index in [2.05, 4.69) is 10.5 Å². The van der Waals surface area contributed by atoms with Crippen LogP contribution in [0.5, 0.6) is 17.2 Å². The largest absolute Gasteiger partial charge is 0.502 e. The van der Waals surface area contributed by atoms with Crippen molar-refractivity contribution < 1.29 is 24.3 Å². The predicted octanol–water partition coefficient (Wildman–Crippen LogP) is 1.59. The molecule has 2 N–H and O–H groups in total. The molecule has 1 atom stereocenters. The summed E-state index contributed by atoms with van der Waals surface area (Å²) in [5.74, 6) is 0.0649. The standard InChI is InChI=1S/C16H13N3O6/c20-12-6-5-10(7-11(12)19(22)23)8-17-18-16(21)15-9-24-13-3-1-2-4-14(13)25-15/h1-8,15,20H,9H2,(H,18,21)/t15-/m0/s1. The Hall–Kier alpha value is -3.62. The molecule has 2 aromatic carbocycles. The molecule has 128 valence electrons. The summed E-state index contributed by atoms with van der Waals surface area (Å²) in [7, 11) is 0. The third-order valence-corrected chi connectivity index (χ3v) is 3.39. The van der Waals surface area contributed by atoms with E-state index in [0.29, 0.717) is 17.1 Å². The first kappa shape index (κ1) is 16.2. The van der Waals surface area contributed by atoms with E-state index in [9.17, 15) is 20.0 Å². The second-order valence-corrected chi connectivity index (χ2v) is 5.10. The van der Waals surface area contributed by atoms with Crippen LogP contribution in [0, 0.1) is 10.1 Å². The van der Waals surface area contributed by atoms with E-state index < -0.39 is 28.4 Å². The number of phenols is 1. The first-order chi connectivity index (χ1) is 12.0. The minimum atomic E-state index is -0.860. The van der Waals surface area contributed by atoms with Gasteiger partial charge in [-0.25, -0.2) is 5.43 Å². The Bertz CT molecular complexity index is 852. The van der Waals surface area contributed by atoms with Gasteiger partial charge in [0.05, 0.1) is 11.1 Å². The smallest absolute Gasteiger partial charge is 0.311 e. The van der Waals surface area contributed by atoms with E-state index in [0.717, 1.165) is 6.07 Å². The number of fused-ring (bicyclic) bond motifs is 1. The Morgan fingerprint density at radius 2 is 2.08 bits per heavy atom. The highest BCUT2D eigenvalue weighted by Crippen LogP contribution is 2.30. The van der Waals surface area contributed by atoms with Crippen LogP contribution < -0.4 is 14.9 Å². The number of ether oxygens (including phenoxy) is 2. The van der Waals surface area contributed by atoms with Gasteiger partial charge in [0, 0.05) is 11.6 Å². The molecule has 9 nitrogen and oxygen atoms in total. The normalized spacial score (nSPS) is 15.8. The van der Waals surface area contributed by atoms with E-state index in [1.807, 2.05) is 0 Å². The quantitative estimate of drug-likeness (QED) is 0.494. The van der Waals surface area contributed by atoms with Gasteiger partial charge >= 0.3 is 5.69 Å². The third kappa shape index (κ3) is 3.66. The number of nitro groups is 1. The van der Waals surface area contributed by atoms with Gasteiger partial charge in [-0.3, -0.25) is 14.9 Å². The summed E-state index contributed by atoms with van der Waals surface area (Å²) in [5, 5.41) is 23.9. The summed E-state index contributed by atoms with van der Waals surface area (Å²) >= 11 is 0. The Morgan fingerprint density at radius 1 is 1.32 bits per heavy atom. The van der Waals surface area contributed by atoms with Gasteiger partial charge in [-0.15, -0.1) is 0 Å². The molecule has 0 bridgehead atoms. The Labute approximate surface area is 141 Å². The Kier molecular flexibility index (Phi) is 4.46. The minimum Gasteiger partial charge on any atom is -0.502 e. The zero-order valence-electron chi connectivity index (χ0n) is 12.8. The lowest BCUT2D eigenvalue weighted by Gasteiger charge is -2.24. The number of rotatable bonds is 4. The number of nitro benzene ring substituents is 1. The molecule has 0 saturated heterocycles. The number of benzene rings is 2. The molecule has 0 spiro atoms. The van der Waals surface area contributed by atoms with Gasteiger partial charge in [-0.05, 0) is 24.3 Å². The summed E-state index contributed by atoms with van der Waals surface area (Å²) in [5.41, 5.74) is 2.18. The number of carbonyl (C=O) groups excluding carboxylic acids is 1. The van der Waals surface area contributed by atoms with Crippen LogP contribution in [0.25, 0.3) is 0 Å². The first-order valence-electron chi connectivity index (χ1n) is 7.23. The van der Waals surface area contributed by atoms with Gasteiger partial charge in [0.2, 0.25) is 6.10 Å². The molecule has 9 heteroatoms. The van der Waals surface area contributed by atoms with E-state index in [4.69, 9.17) is 9.47 Å². The van der Waals surface area contributed by atoms with Gasteiger partial charge in [-0.1, -0.05) is 12.1 Å². The maximum Gasteiger partial charge on any atom is 0.311 e. The molecule has 0 fully saturated rings. The molecule has 1 aliphatic heterocycles. The van der Waals surface area contributed by atoms with Crippen LogP contribution in [0.3, 0.4) is 0 Å². The first-order valence-corrected chi connectivity index (χ1v) is 7.23. The van der Waals surface area contributed by atoms with Gasteiger partial charge < -0.3 is 14.6 Å². The molecule has 0 aromatic heterocycles. The molecule has 3 rings (SSSR count). The van der Waals surface area contributed by atoms with Crippen molar-refractivity contribution in [3.8, 4) is 17.2 Å². The lowest BCUT2D eigenvalue weighted by atomic mass is 10.2. The molecular formula is C16H13N3O6. The molecule has 2 aromatic rings. The predicted molar refractivity (Wildman–Crippen MR) is 86.9 cm³/mol. The van der Waals surface area contributed by atoms with E-state index in [1.54, 1.807) is 24.3 Å². The number of aromatic hydroxyl groups is 1. The fourth-order valence-electron chi connectivity index (χ4n) is 2.16. The molecule has 0 saturated carbocycles. The van der Waals surface area contributed by atoms with Crippen LogP contribution in [0.1, 0.15) is 5.56 Å². The second-order valence-electron chi connectivity index (χ2n) is 5.10. The summed E-state index contributed by atoms with van der Waals surface area (Å²) in [4.78, 5) is 22.1. The van der Waals surface area contributed by atoms with Crippen LogP contribution >= 0.6 is 0 Å². The van der Waals surface area contributed by atoms with Gasteiger partial charge in [0.25, 0.3) is 5.91 Å². The highest BCUT2D eigenvalue weighted by atomic mass is 16.6. The number of hydrogen-bond acceptors (Lipinski definition) is 7.